The van der Waals surface area contributed by atoms with E-state index in [-0.39, 0.29) is 0 Å². The molecule has 1 rings (SSSR count). The predicted octanol–water partition coefficient (Wildman–Crippen LogP) is 4.08. The Labute approximate surface area is 113 Å². The number of nitriles is 1. The van der Waals surface area contributed by atoms with Crippen molar-refractivity contribution in [3.63, 3.8) is 0 Å². The van der Waals surface area contributed by atoms with Crippen LogP contribution >= 0.6 is 23.2 Å². The predicted molar refractivity (Wildman–Crippen MR) is 73.7 cm³/mol. The summed E-state index contributed by atoms with van der Waals surface area (Å²) in [7, 11) is -2.02. The number of rotatable bonds is 4. The first kappa shape index (κ1) is 14.5. The van der Waals surface area contributed by atoms with Gasteiger partial charge in [-0.15, -0.1) is 11.6 Å². The minimum Gasteiger partial charge on any atom is -0.395 e. The first-order chi connectivity index (χ1) is 7.83. The van der Waals surface area contributed by atoms with Gasteiger partial charge in [0.15, 0.2) is 5.60 Å². The number of hydrogen-bond donors (Lipinski definition) is 0. The lowest BCUT2D eigenvalue weighted by molar-refractivity contribution is 0.140. The molecule has 1 unspecified atom stereocenters. The summed E-state index contributed by atoms with van der Waals surface area (Å²) >= 11 is 11.7. The molecule has 1 atom stereocenters. The van der Waals surface area contributed by atoms with Crippen molar-refractivity contribution < 1.29 is 4.43 Å². The summed E-state index contributed by atoms with van der Waals surface area (Å²) in [6.45, 7) is 5.74. The molecule has 0 amide bonds. The van der Waals surface area contributed by atoms with Crippen molar-refractivity contribution in [1.82, 2.24) is 0 Å². The number of nitrogens with zero attached hydrogens (tertiary/aromatic N) is 1. The molecule has 0 fully saturated rings. The zero-order chi connectivity index (χ0) is 13.1. The molecular formula is C12H15Cl2NOSi. The standard InChI is InChI=1S/C12H15Cl2NOSi/c1-12(8-15,16-17(2,3)9-13)10-4-6-11(14)7-5-10/h4-7H,9H2,1-3H3. The van der Waals surface area contributed by atoms with Gasteiger partial charge in [0.2, 0.25) is 8.32 Å². The molecule has 2 nitrogen and oxygen atoms in total. The van der Waals surface area contributed by atoms with Crippen molar-refractivity contribution in [3.8, 4) is 6.07 Å². The Morgan fingerprint density at radius 1 is 1.35 bits per heavy atom. The highest BCUT2D eigenvalue weighted by Gasteiger charge is 2.35. The smallest absolute Gasteiger partial charge is 0.203 e. The molecule has 0 bridgehead atoms. The van der Waals surface area contributed by atoms with Crippen LogP contribution in [0.2, 0.25) is 18.1 Å². The second-order valence-electron chi connectivity index (χ2n) is 4.65. The fourth-order valence-corrected chi connectivity index (χ4v) is 3.11. The van der Waals surface area contributed by atoms with Crippen LogP contribution in [0.15, 0.2) is 24.3 Å². The monoisotopic (exact) mass is 287 g/mol. The molecule has 0 saturated carbocycles. The Hall–Kier alpha value is -0.533. The summed E-state index contributed by atoms with van der Waals surface area (Å²) in [6.07, 6.45) is 0. The Morgan fingerprint density at radius 2 is 1.88 bits per heavy atom. The van der Waals surface area contributed by atoms with Crippen molar-refractivity contribution in [3.05, 3.63) is 34.9 Å². The molecule has 0 aromatic heterocycles. The van der Waals surface area contributed by atoms with Gasteiger partial charge < -0.3 is 4.43 Å². The van der Waals surface area contributed by atoms with Crippen LogP contribution in [0.3, 0.4) is 0 Å². The first-order valence-electron chi connectivity index (χ1n) is 5.26. The van der Waals surface area contributed by atoms with E-state index in [2.05, 4.69) is 6.07 Å². The normalized spacial score (nSPS) is 15.1. The zero-order valence-electron chi connectivity index (χ0n) is 10.1. The van der Waals surface area contributed by atoms with Gasteiger partial charge in [-0.3, -0.25) is 0 Å². The third kappa shape index (κ3) is 3.72. The van der Waals surface area contributed by atoms with Gasteiger partial charge in [0, 0.05) is 10.5 Å². The van der Waals surface area contributed by atoms with Crippen molar-refractivity contribution in [1.29, 1.82) is 5.26 Å². The molecule has 0 aliphatic heterocycles. The summed E-state index contributed by atoms with van der Waals surface area (Å²) in [5.74, 6) is 0. The molecule has 5 heteroatoms. The summed E-state index contributed by atoms with van der Waals surface area (Å²) in [5, 5.41) is 9.98. The second-order valence-corrected chi connectivity index (χ2v) is 9.88. The van der Waals surface area contributed by atoms with Crippen LogP contribution in [0, 0.1) is 11.3 Å². The average Bonchev–Trinajstić information content (AvgIpc) is 2.29. The van der Waals surface area contributed by atoms with Crippen molar-refractivity contribution in [2.75, 3.05) is 5.50 Å². The van der Waals surface area contributed by atoms with Crippen LogP contribution in [-0.4, -0.2) is 13.8 Å². The number of benzene rings is 1. The van der Waals surface area contributed by atoms with Gasteiger partial charge in [0.1, 0.15) is 6.07 Å². The summed E-state index contributed by atoms with van der Waals surface area (Å²) in [5.41, 5.74) is 0.294. The molecule has 0 N–H and O–H groups in total. The molecule has 0 radical (unpaired) electrons. The van der Waals surface area contributed by atoms with E-state index >= 15 is 0 Å². The van der Waals surface area contributed by atoms with Crippen molar-refractivity contribution >= 4 is 31.5 Å². The fraction of sp³-hybridized carbons (Fsp3) is 0.417. The summed E-state index contributed by atoms with van der Waals surface area (Å²) in [4.78, 5) is 0. The van der Waals surface area contributed by atoms with E-state index in [1.54, 1.807) is 19.1 Å². The van der Waals surface area contributed by atoms with Crippen LogP contribution in [0.4, 0.5) is 0 Å². The molecule has 17 heavy (non-hydrogen) atoms. The van der Waals surface area contributed by atoms with E-state index in [4.69, 9.17) is 27.6 Å². The van der Waals surface area contributed by atoms with Gasteiger partial charge in [-0.2, -0.15) is 5.26 Å². The van der Waals surface area contributed by atoms with E-state index < -0.39 is 13.9 Å². The van der Waals surface area contributed by atoms with Gasteiger partial charge in [0.05, 0.1) is 0 Å². The van der Waals surface area contributed by atoms with Crippen molar-refractivity contribution in [2.24, 2.45) is 0 Å². The van der Waals surface area contributed by atoms with Gasteiger partial charge in [-0.1, -0.05) is 23.7 Å². The molecule has 92 valence electrons. The van der Waals surface area contributed by atoms with E-state index in [0.717, 1.165) is 5.56 Å². The van der Waals surface area contributed by atoms with Crippen LogP contribution in [0.1, 0.15) is 12.5 Å². The van der Waals surface area contributed by atoms with E-state index in [1.165, 1.54) is 0 Å². The van der Waals surface area contributed by atoms with Crippen molar-refractivity contribution in [2.45, 2.75) is 25.6 Å². The molecule has 0 spiro atoms. The van der Waals surface area contributed by atoms with Gasteiger partial charge in [-0.05, 0) is 37.7 Å². The summed E-state index contributed by atoms with van der Waals surface area (Å²) < 4.78 is 5.95. The maximum Gasteiger partial charge on any atom is 0.203 e. The quantitative estimate of drug-likeness (QED) is 0.618. The lowest BCUT2D eigenvalue weighted by Crippen LogP contribution is -2.42. The SMILES string of the molecule is CC(C#N)(O[Si](C)(C)CCl)c1ccc(Cl)cc1. The molecule has 0 aliphatic rings. The third-order valence-corrected chi connectivity index (χ3v) is 6.20. The molecular weight excluding hydrogens is 273 g/mol. The maximum absolute atomic E-state index is 9.34. The largest absolute Gasteiger partial charge is 0.395 e. The zero-order valence-corrected chi connectivity index (χ0v) is 12.6. The maximum atomic E-state index is 9.34. The molecule has 1 aromatic rings. The molecule has 0 saturated heterocycles. The third-order valence-electron chi connectivity index (χ3n) is 2.41. The minimum absolute atomic E-state index is 0.456. The van der Waals surface area contributed by atoms with E-state index in [0.29, 0.717) is 10.5 Å². The Morgan fingerprint density at radius 3 is 2.29 bits per heavy atom. The van der Waals surface area contributed by atoms with Crippen LogP contribution in [0.25, 0.3) is 0 Å². The topological polar surface area (TPSA) is 33.0 Å². The lowest BCUT2D eigenvalue weighted by atomic mass is 9.98. The Balaban J connectivity index is 3.05. The van der Waals surface area contributed by atoms with Crippen LogP contribution < -0.4 is 0 Å². The fourth-order valence-electron chi connectivity index (χ4n) is 1.49. The highest BCUT2D eigenvalue weighted by atomic mass is 35.5. The van der Waals surface area contributed by atoms with Gasteiger partial charge >= 0.3 is 0 Å². The number of halogens is 2. The lowest BCUT2D eigenvalue weighted by Gasteiger charge is -2.32. The van der Waals surface area contributed by atoms with E-state index in [1.807, 2.05) is 25.2 Å². The summed E-state index contributed by atoms with van der Waals surface area (Å²) in [6, 6.07) is 9.35. The van der Waals surface area contributed by atoms with Gasteiger partial charge in [-0.25, -0.2) is 0 Å². The van der Waals surface area contributed by atoms with Gasteiger partial charge in [0.25, 0.3) is 0 Å². The number of alkyl halides is 1. The first-order valence-corrected chi connectivity index (χ1v) is 9.29. The molecule has 0 heterocycles. The molecule has 1 aromatic carbocycles. The Kier molecular flexibility index (Phi) is 4.62. The number of hydrogen-bond acceptors (Lipinski definition) is 2. The highest BCUT2D eigenvalue weighted by molar-refractivity contribution is 6.77. The van der Waals surface area contributed by atoms with E-state index in [9.17, 15) is 5.26 Å². The second kappa shape index (κ2) is 5.41. The average molecular weight is 288 g/mol. The Bertz CT molecular complexity index is 427. The van der Waals surface area contributed by atoms with Crippen LogP contribution in [-0.2, 0) is 10.0 Å². The van der Waals surface area contributed by atoms with Crippen LogP contribution in [0.5, 0.6) is 0 Å². The molecule has 0 aliphatic carbocycles. The minimum atomic E-state index is -2.02. The highest BCUT2D eigenvalue weighted by Crippen LogP contribution is 2.29.